The fourth-order valence-corrected chi connectivity index (χ4v) is 18.1. The number of carbonyl (C=O) groups is 15. The zero-order valence-electron chi connectivity index (χ0n) is 90.1. The summed E-state index contributed by atoms with van der Waals surface area (Å²) in [5.74, 6) is -10.5. The van der Waals surface area contributed by atoms with Crippen LogP contribution >= 0.6 is 0 Å². The first-order chi connectivity index (χ1) is 69.4. The molecule has 0 radical (unpaired) electrons. The average molecular weight is 2050 g/mol. The third-order valence-corrected chi connectivity index (χ3v) is 27.0. The van der Waals surface area contributed by atoms with Gasteiger partial charge in [0.05, 0.1) is 0 Å². The van der Waals surface area contributed by atoms with Gasteiger partial charge in [0, 0.05) is 65.1 Å². The maximum Gasteiger partial charge on any atom is 0.246 e. The molecule has 15 amide bonds. The van der Waals surface area contributed by atoms with E-state index in [2.05, 4.69) is 92.6 Å². The molecule has 2 heterocycles. The molecule has 0 spiro atoms. The lowest BCUT2D eigenvalue weighted by molar-refractivity contribution is -0.148. The first kappa shape index (κ1) is 131. The minimum atomic E-state index is -1.42. The number of guanidine groups is 3. The summed E-state index contributed by atoms with van der Waals surface area (Å²) in [5, 5.41) is 34.1. The van der Waals surface area contributed by atoms with Crippen molar-refractivity contribution in [1.82, 2.24) is 73.6 Å². The molecule has 832 valence electrons. The highest BCUT2D eigenvalue weighted by atomic mass is 16.2. The second-order valence-electron chi connectivity index (χ2n) is 40.6. The molecule has 41 nitrogen and oxygen atoms in total. The SMILES string of the molecule is CCCCCCCCCCCCCCCC(=O)NCCCCC(NC(=O)CCCCCCCCCCCCCCC)C(=O)NC(CCCCN)C(=O)NC(CCCCN)C(=O)NCCCCCC(=O)NC(C(=O)NC(CCCN=C(N)N)C(=O)NC(CCCN=C(N)N)C(=O)NC(C(=O)NC(C)C(=O)NC(CCCN=C(N)N)C(=O)N1CCCC1C(=O)N1CCCC1C(=O)NC(CC(C)C)C(N)=O)C(C)C)C(C)CC. The van der Waals surface area contributed by atoms with Crippen LogP contribution in [0.2, 0.25) is 0 Å². The molecule has 0 aromatic rings. The number of rotatable bonds is 86. The van der Waals surface area contributed by atoms with Crippen LogP contribution < -0.4 is 115 Å². The van der Waals surface area contributed by atoms with Gasteiger partial charge in [0.1, 0.15) is 72.5 Å². The van der Waals surface area contributed by atoms with Crippen molar-refractivity contribution in [3.05, 3.63) is 0 Å². The quantitative estimate of drug-likeness (QED) is 0.0177. The number of nitrogens with zero attached hydrogens (tertiary/aromatic N) is 5. The highest BCUT2D eigenvalue weighted by Gasteiger charge is 2.45. The molecule has 2 aliphatic rings. The Morgan fingerprint density at radius 2 is 0.669 bits per heavy atom. The highest BCUT2D eigenvalue weighted by Crippen LogP contribution is 2.28. The molecule has 0 aliphatic carbocycles. The van der Waals surface area contributed by atoms with Crippen LogP contribution in [-0.2, 0) is 71.9 Å². The van der Waals surface area contributed by atoms with Gasteiger partial charge in [0.2, 0.25) is 88.6 Å². The molecular formula is C104H196N26O15. The molecule has 0 bridgehead atoms. The number of amides is 15. The Kier molecular flexibility index (Phi) is 72.1. The number of likely N-dealkylation sites (tertiary alicyclic amines) is 2. The van der Waals surface area contributed by atoms with Gasteiger partial charge >= 0.3 is 0 Å². The Morgan fingerprint density at radius 1 is 0.317 bits per heavy atom. The van der Waals surface area contributed by atoms with Gasteiger partial charge in [0.15, 0.2) is 17.9 Å². The van der Waals surface area contributed by atoms with E-state index in [1.807, 2.05) is 20.8 Å². The van der Waals surface area contributed by atoms with Crippen LogP contribution in [0.15, 0.2) is 15.0 Å². The smallest absolute Gasteiger partial charge is 0.246 e. The topological polar surface area (TPSA) is 678 Å². The van der Waals surface area contributed by atoms with Crippen molar-refractivity contribution < 1.29 is 71.9 Å². The number of nitrogens with one attached hydrogen (secondary N) is 12. The molecule has 13 atom stereocenters. The van der Waals surface area contributed by atoms with Gasteiger partial charge < -0.3 is 125 Å². The minimum absolute atomic E-state index is 0.00741. The van der Waals surface area contributed by atoms with E-state index in [1.165, 1.54) is 139 Å². The van der Waals surface area contributed by atoms with Gasteiger partial charge in [0.25, 0.3) is 0 Å². The van der Waals surface area contributed by atoms with Crippen LogP contribution in [0.4, 0.5) is 0 Å². The molecule has 41 heteroatoms. The standard InChI is InChI=1S/C104H196N26O15/c1-10-13-15-17-19-21-23-25-27-29-31-33-36-59-85(131)114-64-45-41-53-77(120-86(132)60-37-34-32-30-28-26-24-22-20-18-16-14-11-2)93(137)122-78(52-40-43-63-106)94(138)121-76(51-39-42-62-105)92(136)115-65-44-35-38-61-87(133)127-89(74(8)12-3)99(143)124-79(54-46-66-116-102(108)109)95(139)123-80(55-47-67-117-103(110)111)96(140)128-88(73(6)7)98(142)119-75(9)91(135)125-81(56-48-68-118-104(112)113)100(144)130-70-50-58-84(130)101(145)129-69-49-57-83(129)97(141)126-82(90(107)134)71-72(4)5/h72-84,88-89H,10-71,105-106H2,1-9H3,(H2,107,134)(H,114,131)(H,115,136)(H,119,142)(H,120,132)(H,121,138)(H,122,137)(H,123,139)(H,124,143)(H,125,135)(H,126,141)(H,127,133)(H,128,140)(H4,108,109,116)(H4,110,111,117)(H4,112,113,118). The molecule has 0 saturated carbocycles. The van der Waals surface area contributed by atoms with Crippen molar-refractivity contribution in [2.45, 2.75) is 475 Å². The highest BCUT2D eigenvalue weighted by molar-refractivity contribution is 6.00. The van der Waals surface area contributed by atoms with E-state index >= 15 is 0 Å². The van der Waals surface area contributed by atoms with Crippen molar-refractivity contribution in [3.63, 3.8) is 0 Å². The molecule has 2 fully saturated rings. The van der Waals surface area contributed by atoms with E-state index < -0.39 is 161 Å². The van der Waals surface area contributed by atoms with E-state index in [0.717, 1.165) is 38.5 Å². The van der Waals surface area contributed by atoms with Crippen LogP contribution in [0.25, 0.3) is 0 Å². The van der Waals surface area contributed by atoms with Crippen LogP contribution in [-0.4, -0.2) is 248 Å². The van der Waals surface area contributed by atoms with Crippen LogP contribution in [0.3, 0.4) is 0 Å². The van der Waals surface area contributed by atoms with Crippen LogP contribution in [0.5, 0.6) is 0 Å². The number of carbonyl (C=O) groups excluding carboxylic acids is 15. The predicted molar refractivity (Wildman–Crippen MR) is 572 cm³/mol. The normalized spacial score (nSPS) is 15.7. The number of nitrogens with two attached hydrogens (primary N) is 9. The third kappa shape index (κ3) is 59.4. The minimum Gasteiger partial charge on any atom is -0.370 e. The van der Waals surface area contributed by atoms with E-state index in [4.69, 9.17) is 51.6 Å². The Hall–Kier alpha value is -10.2. The van der Waals surface area contributed by atoms with Gasteiger partial charge in [-0.05, 0) is 192 Å². The van der Waals surface area contributed by atoms with Gasteiger partial charge in [-0.3, -0.25) is 86.9 Å². The monoisotopic (exact) mass is 2050 g/mol. The summed E-state index contributed by atoms with van der Waals surface area (Å²) in [6.45, 7) is 18.2. The third-order valence-electron chi connectivity index (χ3n) is 27.0. The molecule has 2 saturated heterocycles. The van der Waals surface area contributed by atoms with E-state index in [1.54, 1.807) is 20.8 Å². The van der Waals surface area contributed by atoms with Crippen molar-refractivity contribution in [2.24, 2.45) is 84.3 Å². The van der Waals surface area contributed by atoms with E-state index in [9.17, 15) is 71.9 Å². The fraction of sp³-hybridized carbons (Fsp3) is 0.827. The first-order valence-electron chi connectivity index (χ1n) is 55.5. The predicted octanol–water partition coefficient (Wildman–Crippen LogP) is 6.41. The van der Waals surface area contributed by atoms with Crippen molar-refractivity contribution in [1.29, 1.82) is 0 Å². The molecule has 30 N–H and O–H groups in total. The van der Waals surface area contributed by atoms with Crippen molar-refractivity contribution >= 4 is 106 Å². The van der Waals surface area contributed by atoms with Crippen molar-refractivity contribution in [3.8, 4) is 0 Å². The zero-order chi connectivity index (χ0) is 108. The second kappa shape index (κ2) is 79.9. The number of primary amides is 1. The Balaban J connectivity index is 2.29. The molecule has 0 aromatic carbocycles. The molecular weight excluding hydrogens is 1850 g/mol. The lowest BCUT2D eigenvalue weighted by Gasteiger charge is -2.33. The lowest BCUT2D eigenvalue weighted by atomic mass is 9.97. The maximum atomic E-state index is 14.8. The van der Waals surface area contributed by atoms with Gasteiger partial charge in [-0.2, -0.15) is 0 Å². The number of hydrogen-bond donors (Lipinski definition) is 21. The Bertz CT molecular complexity index is 3850. The summed E-state index contributed by atoms with van der Waals surface area (Å²) in [4.78, 5) is 227. The lowest BCUT2D eigenvalue weighted by Crippen LogP contribution is -2.61. The summed E-state index contributed by atoms with van der Waals surface area (Å²) in [6, 6.07) is -13.9. The van der Waals surface area contributed by atoms with Crippen LogP contribution in [0, 0.1) is 17.8 Å². The van der Waals surface area contributed by atoms with E-state index in [0.29, 0.717) is 116 Å². The maximum absolute atomic E-state index is 14.8. The van der Waals surface area contributed by atoms with Gasteiger partial charge in [-0.15, -0.1) is 0 Å². The Labute approximate surface area is 866 Å². The number of hydrogen-bond acceptors (Lipinski definition) is 20. The fourth-order valence-electron chi connectivity index (χ4n) is 18.1. The summed E-state index contributed by atoms with van der Waals surface area (Å²) >= 11 is 0. The largest absolute Gasteiger partial charge is 0.370 e. The molecule has 0 aromatic heterocycles. The first-order valence-corrected chi connectivity index (χ1v) is 55.5. The summed E-state index contributed by atoms with van der Waals surface area (Å²) < 4.78 is 0. The summed E-state index contributed by atoms with van der Waals surface area (Å²) in [5.41, 5.74) is 51.4. The number of unbranched alkanes of at least 4 members (excludes halogenated alkanes) is 29. The molecule has 2 rings (SSSR count). The molecule has 13 unspecified atom stereocenters. The second-order valence-corrected chi connectivity index (χ2v) is 40.6. The Morgan fingerprint density at radius 3 is 1.10 bits per heavy atom. The zero-order valence-corrected chi connectivity index (χ0v) is 90.1. The van der Waals surface area contributed by atoms with Gasteiger partial charge in [-0.25, -0.2) is 0 Å². The number of aliphatic imine (C=N–C) groups is 3. The van der Waals surface area contributed by atoms with Crippen molar-refractivity contribution in [2.75, 3.05) is 58.9 Å². The summed E-state index contributed by atoms with van der Waals surface area (Å²) in [7, 11) is 0. The summed E-state index contributed by atoms with van der Waals surface area (Å²) in [6.07, 6.45) is 39.0. The average Bonchev–Trinajstić information content (AvgIpc) is 1.66. The van der Waals surface area contributed by atoms with Crippen LogP contribution in [0.1, 0.15) is 403 Å². The van der Waals surface area contributed by atoms with Gasteiger partial charge in [-0.1, -0.05) is 222 Å². The van der Waals surface area contributed by atoms with E-state index in [-0.39, 0.29) is 158 Å². The molecule has 2 aliphatic heterocycles. The molecule has 145 heavy (non-hydrogen) atoms.